The molecule has 0 heterocycles. The molecule has 0 N–H and O–H groups in total. The average Bonchev–Trinajstić information content (AvgIpc) is 2.28. The predicted octanol–water partition coefficient (Wildman–Crippen LogP) is 5.22. The Bertz CT molecular complexity index is 218. The molecule has 16 heavy (non-hydrogen) atoms. The molecule has 1 aromatic rings. The first-order valence-electron chi connectivity index (χ1n) is 6.22. The van der Waals surface area contributed by atoms with E-state index >= 15 is 0 Å². The van der Waals surface area contributed by atoms with Crippen molar-refractivity contribution in [1.82, 2.24) is 0 Å². The van der Waals surface area contributed by atoms with Crippen molar-refractivity contribution in [2.24, 2.45) is 5.92 Å². The molecule has 0 saturated heterocycles. The molecular formula is C15H26La. The molecular weight excluding hydrogens is 319 g/mol. The van der Waals surface area contributed by atoms with Gasteiger partial charge < -0.3 is 0 Å². The van der Waals surface area contributed by atoms with E-state index in [4.69, 9.17) is 0 Å². The van der Waals surface area contributed by atoms with Crippen molar-refractivity contribution in [3.63, 3.8) is 0 Å². The van der Waals surface area contributed by atoms with E-state index in [-0.39, 0.29) is 35.6 Å². The van der Waals surface area contributed by atoms with Crippen LogP contribution in [-0.2, 0) is 0 Å². The summed E-state index contributed by atoms with van der Waals surface area (Å²) >= 11 is 0. The molecule has 1 heteroatoms. The second-order valence-corrected chi connectivity index (χ2v) is 4.31. The van der Waals surface area contributed by atoms with Crippen LogP contribution in [0.15, 0.2) is 30.3 Å². The number of unbranched alkanes of at least 4 members (excludes halogenated alkanes) is 1. The van der Waals surface area contributed by atoms with Crippen molar-refractivity contribution in [2.75, 3.05) is 0 Å². The van der Waals surface area contributed by atoms with Crippen molar-refractivity contribution in [2.45, 2.75) is 53.4 Å². The van der Waals surface area contributed by atoms with Crippen molar-refractivity contribution < 1.29 is 35.6 Å². The Morgan fingerprint density at radius 2 is 1.62 bits per heavy atom. The van der Waals surface area contributed by atoms with Gasteiger partial charge in [-0.2, -0.15) is 0 Å². The van der Waals surface area contributed by atoms with Gasteiger partial charge in [0.1, 0.15) is 0 Å². The second kappa shape index (κ2) is 13.5. The molecule has 0 fully saturated rings. The van der Waals surface area contributed by atoms with E-state index in [1.54, 1.807) is 0 Å². The molecule has 1 unspecified atom stereocenters. The van der Waals surface area contributed by atoms with Crippen LogP contribution in [0.3, 0.4) is 0 Å². The van der Waals surface area contributed by atoms with Crippen LogP contribution in [0.25, 0.3) is 0 Å². The van der Waals surface area contributed by atoms with Gasteiger partial charge >= 0.3 is 0 Å². The molecule has 0 spiro atoms. The third-order valence-corrected chi connectivity index (χ3v) is 2.69. The van der Waals surface area contributed by atoms with Crippen LogP contribution >= 0.6 is 0 Å². The number of hydrogen-bond donors (Lipinski definition) is 0. The smallest absolute Gasteiger partial charge is 0 e. The summed E-state index contributed by atoms with van der Waals surface area (Å²) in [7, 11) is 0. The Balaban J connectivity index is 0. The summed E-state index contributed by atoms with van der Waals surface area (Å²) in [6.45, 7) is 8.93. The van der Waals surface area contributed by atoms with Crippen LogP contribution in [0.2, 0.25) is 0 Å². The maximum absolute atomic E-state index is 2.33. The molecule has 1 rings (SSSR count). The number of aryl methyl sites for hydroxylation is 1. The Morgan fingerprint density at radius 1 is 1.06 bits per heavy atom. The van der Waals surface area contributed by atoms with Crippen LogP contribution in [0.1, 0.15) is 52.0 Å². The maximum Gasteiger partial charge on any atom is 0 e. The fourth-order valence-electron chi connectivity index (χ4n) is 1.29. The van der Waals surface area contributed by atoms with E-state index in [1.165, 1.54) is 31.2 Å². The monoisotopic (exact) mass is 345 g/mol. The maximum atomic E-state index is 2.33. The van der Waals surface area contributed by atoms with Gasteiger partial charge in [-0.25, -0.2) is 0 Å². The first-order valence-corrected chi connectivity index (χ1v) is 6.22. The Hall–Kier alpha value is 0.415. The summed E-state index contributed by atoms with van der Waals surface area (Å²) in [5.74, 6) is 0.954. The van der Waals surface area contributed by atoms with E-state index in [0.29, 0.717) is 0 Å². The van der Waals surface area contributed by atoms with Gasteiger partial charge in [-0.15, -0.1) is 0 Å². The molecule has 0 aromatic heterocycles. The van der Waals surface area contributed by atoms with Gasteiger partial charge in [-0.1, -0.05) is 82.3 Å². The largest absolute Gasteiger partial charge is 0.0654 e. The minimum Gasteiger partial charge on any atom is -0.0654 e. The van der Waals surface area contributed by atoms with Gasteiger partial charge in [0, 0.05) is 35.6 Å². The second-order valence-electron chi connectivity index (χ2n) is 4.31. The summed E-state index contributed by atoms with van der Waals surface area (Å²) in [4.78, 5) is 0. The van der Waals surface area contributed by atoms with Crippen molar-refractivity contribution >= 4 is 0 Å². The molecule has 89 valence electrons. The summed E-state index contributed by atoms with van der Waals surface area (Å²) in [5.41, 5.74) is 1.32. The predicted molar refractivity (Wildman–Crippen MR) is 70.2 cm³/mol. The van der Waals surface area contributed by atoms with Crippen LogP contribution in [0.5, 0.6) is 0 Å². The Labute approximate surface area is 130 Å². The summed E-state index contributed by atoms with van der Waals surface area (Å²) < 4.78 is 0. The van der Waals surface area contributed by atoms with Crippen molar-refractivity contribution in [3.8, 4) is 0 Å². The zero-order chi connectivity index (χ0) is 11.5. The number of hydrogen-bond acceptors (Lipinski definition) is 0. The molecule has 1 radical (unpaired) electrons. The van der Waals surface area contributed by atoms with E-state index in [0.717, 1.165) is 5.92 Å². The normalized spacial score (nSPS) is 10.8. The van der Waals surface area contributed by atoms with Crippen LogP contribution in [0, 0.1) is 48.4 Å². The number of rotatable bonds is 4. The van der Waals surface area contributed by atoms with Gasteiger partial charge in [0.25, 0.3) is 0 Å². The standard InChI is InChI=1S/C8H18.C7H8.La/c1-4-6-7-8(3)5-2;1-7-5-3-2-4-6-7;/h8H,4-7H2,1-3H3;2-6H,1H3;. The minimum absolute atomic E-state index is 0. The van der Waals surface area contributed by atoms with Gasteiger partial charge in [-0.05, 0) is 12.8 Å². The topological polar surface area (TPSA) is 0 Å². The van der Waals surface area contributed by atoms with E-state index < -0.39 is 0 Å². The quantitative estimate of drug-likeness (QED) is 0.702. The third kappa shape index (κ3) is 12.5. The van der Waals surface area contributed by atoms with Gasteiger partial charge in [0.05, 0.1) is 0 Å². The average molecular weight is 345 g/mol. The van der Waals surface area contributed by atoms with Crippen molar-refractivity contribution in [3.05, 3.63) is 35.9 Å². The number of benzene rings is 1. The van der Waals surface area contributed by atoms with Gasteiger partial charge in [0.2, 0.25) is 0 Å². The SMILES string of the molecule is CCCCC(C)CC.Cc1ccccc1.[La]. The molecule has 0 saturated carbocycles. The summed E-state index contributed by atoms with van der Waals surface area (Å²) in [6.07, 6.45) is 5.53. The molecule has 0 aliphatic heterocycles. The Morgan fingerprint density at radius 3 is 1.94 bits per heavy atom. The van der Waals surface area contributed by atoms with Crippen LogP contribution in [-0.4, -0.2) is 0 Å². The molecule has 1 aromatic carbocycles. The molecule has 0 aliphatic rings. The molecule has 1 atom stereocenters. The fourth-order valence-corrected chi connectivity index (χ4v) is 1.29. The van der Waals surface area contributed by atoms with Crippen LogP contribution in [0.4, 0.5) is 0 Å². The zero-order valence-electron chi connectivity index (χ0n) is 11.4. The molecule has 0 aliphatic carbocycles. The minimum atomic E-state index is 0. The van der Waals surface area contributed by atoms with Crippen molar-refractivity contribution in [1.29, 1.82) is 0 Å². The molecule has 0 amide bonds. The van der Waals surface area contributed by atoms with E-state index in [2.05, 4.69) is 39.8 Å². The summed E-state index contributed by atoms with van der Waals surface area (Å²) in [6, 6.07) is 10.3. The first kappa shape index (κ1) is 18.8. The molecule has 0 bridgehead atoms. The van der Waals surface area contributed by atoms with Crippen LogP contribution < -0.4 is 0 Å². The van der Waals surface area contributed by atoms with Gasteiger partial charge in [0.15, 0.2) is 0 Å². The van der Waals surface area contributed by atoms with E-state index in [1.807, 2.05) is 18.2 Å². The third-order valence-electron chi connectivity index (χ3n) is 2.69. The summed E-state index contributed by atoms with van der Waals surface area (Å²) in [5, 5.41) is 0. The van der Waals surface area contributed by atoms with E-state index in [9.17, 15) is 0 Å². The molecule has 0 nitrogen and oxygen atoms in total. The Kier molecular flexibility index (Phi) is 15.8. The first-order chi connectivity index (χ1) is 7.20. The van der Waals surface area contributed by atoms with Gasteiger partial charge in [-0.3, -0.25) is 0 Å². The zero-order valence-corrected chi connectivity index (χ0v) is 15.0. The fraction of sp³-hybridized carbons (Fsp3) is 0.600.